The molecule has 0 unspecified atom stereocenters. The minimum atomic E-state index is -3.02. The van der Waals surface area contributed by atoms with Gasteiger partial charge < -0.3 is 24.4 Å². The maximum atomic E-state index is 14.9. The molecule has 0 aliphatic carbocycles. The number of halogens is 2. The van der Waals surface area contributed by atoms with Crippen molar-refractivity contribution in [2.45, 2.75) is 25.4 Å². The van der Waals surface area contributed by atoms with Crippen LogP contribution in [0.5, 0.6) is 23.0 Å². The van der Waals surface area contributed by atoms with E-state index in [1.807, 2.05) is 31.2 Å². The number of fused-ring (bicyclic) bond motifs is 2. The molecular formula is C28H27F2N7O3. The van der Waals surface area contributed by atoms with Gasteiger partial charge in [-0.3, -0.25) is 0 Å². The second-order valence-corrected chi connectivity index (χ2v) is 9.77. The van der Waals surface area contributed by atoms with Crippen molar-refractivity contribution in [3.8, 4) is 23.0 Å². The molecule has 4 heterocycles. The minimum Gasteiger partial charge on any atom is -0.497 e. The van der Waals surface area contributed by atoms with Crippen LogP contribution in [0.1, 0.15) is 12.0 Å². The normalized spacial score (nSPS) is 17.2. The fourth-order valence-electron chi connectivity index (χ4n) is 4.79. The number of pyridine rings is 1. The van der Waals surface area contributed by atoms with Gasteiger partial charge in [-0.25, -0.2) is 28.2 Å². The fourth-order valence-corrected chi connectivity index (χ4v) is 4.79. The molecular weight excluding hydrogens is 520 g/mol. The lowest BCUT2D eigenvalue weighted by Crippen LogP contribution is -2.52. The van der Waals surface area contributed by atoms with E-state index in [1.165, 1.54) is 19.8 Å². The second kappa shape index (κ2) is 10.2. The molecule has 1 atom stereocenters. The van der Waals surface area contributed by atoms with Crippen LogP contribution < -0.4 is 19.5 Å². The van der Waals surface area contributed by atoms with Gasteiger partial charge in [-0.2, -0.15) is 5.10 Å². The summed E-state index contributed by atoms with van der Waals surface area (Å²) in [5.74, 6) is -0.619. The Morgan fingerprint density at radius 2 is 1.88 bits per heavy atom. The minimum absolute atomic E-state index is 0.184. The molecule has 10 nitrogen and oxygen atoms in total. The number of alkyl halides is 2. The molecule has 1 saturated heterocycles. The van der Waals surface area contributed by atoms with E-state index in [1.54, 1.807) is 40.9 Å². The van der Waals surface area contributed by atoms with Crippen LogP contribution in [0.15, 0.2) is 61.3 Å². The Kier molecular flexibility index (Phi) is 6.54. The molecule has 5 aromatic rings. The first kappa shape index (κ1) is 25.7. The van der Waals surface area contributed by atoms with Gasteiger partial charge in [0.25, 0.3) is 5.92 Å². The summed E-state index contributed by atoms with van der Waals surface area (Å²) in [5.41, 5.74) is 2.78. The van der Waals surface area contributed by atoms with Crippen LogP contribution in [0.25, 0.3) is 16.6 Å². The number of hydrogen-bond donors (Lipinski definition) is 1. The zero-order valence-corrected chi connectivity index (χ0v) is 22.1. The van der Waals surface area contributed by atoms with E-state index in [2.05, 4.69) is 25.4 Å². The molecule has 40 heavy (non-hydrogen) atoms. The molecule has 206 valence electrons. The summed E-state index contributed by atoms with van der Waals surface area (Å²) >= 11 is 0. The summed E-state index contributed by atoms with van der Waals surface area (Å²) < 4.78 is 48.8. The molecule has 3 aromatic heterocycles. The fraction of sp³-hybridized carbons (Fsp3) is 0.286. The van der Waals surface area contributed by atoms with Crippen LogP contribution in [0.4, 0.5) is 20.3 Å². The lowest BCUT2D eigenvalue weighted by Gasteiger charge is -2.36. The summed E-state index contributed by atoms with van der Waals surface area (Å²) in [5, 5.41) is 7.87. The summed E-state index contributed by atoms with van der Waals surface area (Å²) in [4.78, 5) is 14.6. The van der Waals surface area contributed by atoms with Crippen LogP contribution in [-0.4, -0.2) is 68.7 Å². The Morgan fingerprint density at radius 1 is 1.00 bits per heavy atom. The van der Waals surface area contributed by atoms with Gasteiger partial charge in [-0.15, -0.1) is 0 Å². The lowest BCUT2D eigenvalue weighted by atomic mass is 10.0. The maximum Gasteiger partial charge on any atom is 0.296 e. The van der Waals surface area contributed by atoms with Gasteiger partial charge >= 0.3 is 0 Å². The number of hydrogen-bond acceptors (Lipinski definition) is 9. The Labute approximate surface area is 228 Å². The number of methoxy groups -OCH3 is 1. The van der Waals surface area contributed by atoms with E-state index < -0.39 is 12.0 Å². The highest BCUT2D eigenvalue weighted by atomic mass is 19.3. The molecule has 0 radical (unpaired) electrons. The van der Waals surface area contributed by atoms with Gasteiger partial charge in [-0.1, -0.05) is 0 Å². The number of nitrogens with one attached hydrogen (secondary N) is 1. The van der Waals surface area contributed by atoms with Crippen molar-refractivity contribution in [1.29, 1.82) is 0 Å². The predicted octanol–water partition coefficient (Wildman–Crippen LogP) is 5.24. The van der Waals surface area contributed by atoms with Crippen LogP contribution in [-0.2, 0) is 0 Å². The highest BCUT2D eigenvalue weighted by Crippen LogP contribution is 2.39. The standard InChI is InChI=1S/C28H27F2N7O3/c1-17-10-18(4-5-22(17)39-19-6-9-37-25(13-19)32-16-34-37)35-27-26-21(31-15-33-27)11-20(38-3)12-23(26)40-24-7-8-36(2)14-28(24,29)30/h4-6,9-13,15-16,24H,7-8,14H2,1-3H3,(H,31,33,35)/t24-/m0/s1. The third kappa shape index (κ3) is 5.05. The van der Waals surface area contributed by atoms with Gasteiger partial charge in [-0.05, 0) is 43.8 Å². The predicted molar refractivity (Wildman–Crippen MR) is 145 cm³/mol. The average molecular weight is 548 g/mol. The molecule has 0 amide bonds. The van der Waals surface area contributed by atoms with E-state index >= 15 is 0 Å². The van der Waals surface area contributed by atoms with E-state index in [0.29, 0.717) is 46.2 Å². The SMILES string of the molecule is COc1cc(O[C@H]2CCN(C)CC2(F)F)c2c(Nc3ccc(Oc4ccn5ncnc5c4)c(C)c3)ncnc2c1. The molecule has 1 N–H and O–H groups in total. The summed E-state index contributed by atoms with van der Waals surface area (Å²) in [7, 11) is 3.18. The van der Waals surface area contributed by atoms with Crippen molar-refractivity contribution in [3.63, 3.8) is 0 Å². The topological polar surface area (TPSA) is 98.9 Å². The van der Waals surface area contributed by atoms with Gasteiger partial charge in [0.15, 0.2) is 11.8 Å². The van der Waals surface area contributed by atoms with E-state index in [9.17, 15) is 8.78 Å². The maximum absolute atomic E-state index is 14.9. The third-order valence-corrected chi connectivity index (χ3v) is 6.82. The molecule has 1 aliphatic rings. The Bertz CT molecular complexity index is 1690. The number of nitrogens with zero attached hydrogens (tertiary/aromatic N) is 6. The molecule has 12 heteroatoms. The zero-order chi connectivity index (χ0) is 27.9. The summed E-state index contributed by atoms with van der Waals surface area (Å²) in [6.07, 6.45) is 3.56. The van der Waals surface area contributed by atoms with E-state index in [4.69, 9.17) is 14.2 Å². The van der Waals surface area contributed by atoms with Gasteiger partial charge in [0.1, 0.15) is 41.5 Å². The quantitative estimate of drug-likeness (QED) is 0.293. The van der Waals surface area contributed by atoms with Crippen LogP contribution in [0.3, 0.4) is 0 Å². The monoisotopic (exact) mass is 547 g/mol. The molecule has 6 rings (SSSR count). The summed E-state index contributed by atoms with van der Waals surface area (Å²) in [6, 6.07) is 12.5. The zero-order valence-electron chi connectivity index (χ0n) is 22.1. The smallest absolute Gasteiger partial charge is 0.296 e. The van der Waals surface area contributed by atoms with Gasteiger partial charge in [0, 0.05) is 43.0 Å². The van der Waals surface area contributed by atoms with Crippen molar-refractivity contribution >= 4 is 28.1 Å². The third-order valence-electron chi connectivity index (χ3n) is 6.82. The second-order valence-electron chi connectivity index (χ2n) is 9.77. The lowest BCUT2D eigenvalue weighted by molar-refractivity contribution is -0.134. The first-order valence-electron chi connectivity index (χ1n) is 12.7. The number of benzene rings is 2. The molecule has 0 saturated carbocycles. The van der Waals surface area contributed by atoms with Crippen molar-refractivity contribution < 1.29 is 23.0 Å². The van der Waals surface area contributed by atoms with Crippen LogP contribution >= 0.6 is 0 Å². The summed E-state index contributed by atoms with van der Waals surface area (Å²) in [6.45, 7) is 2.06. The Hall–Kier alpha value is -4.58. The molecule has 0 spiro atoms. The number of aryl methyl sites for hydroxylation is 1. The highest BCUT2D eigenvalue weighted by molar-refractivity contribution is 5.96. The van der Waals surface area contributed by atoms with Crippen molar-refractivity contribution in [2.75, 3.05) is 32.6 Å². The molecule has 1 aliphatic heterocycles. The highest BCUT2D eigenvalue weighted by Gasteiger charge is 2.45. The van der Waals surface area contributed by atoms with Crippen molar-refractivity contribution in [1.82, 2.24) is 29.5 Å². The first-order valence-corrected chi connectivity index (χ1v) is 12.7. The van der Waals surface area contributed by atoms with Crippen molar-refractivity contribution in [2.24, 2.45) is 0 Å². The number of piperidine rings is 1. The van der Waals surface area contributed by atoms with Gasteiger partial charge in [0.05, 0.1) is 24.6 Å². The number of rotatable bonds is 7. The number of likely N-dealkylation sites (tertiary alicyclic amines) is 1. The van der Waals surface area contributed by atoms with Crippen LogP contribution in [0.2, 0.25) is 0 Å². The number of ether oxygens (including phenoxy) is 3. The number of aromatic nitrogens is 5. The van der Waals surface area contributed by atoms with Crippen molar-refractivity contribution in [3.05, 3.63) is 66.9 Å². The Morgan fingerprint density at radius 3 is 2.67 bits per heavy atom. The van der Waals surface area contributed by atoms with E-state index in [0.717, 1.165) is 11.3 Å². The average Bonchev–Trinajstić information content (AvgIpc) is 3.39. The first-order chi connectivity index (χ1) is 19.3. The Balaban J connectivity index is 1.30. The molecule has 0 bridgehead atoms. The number of anilines is 2. The largest absolute Gasteiger partial charge is 0.497 e. The van der Waals surface area contributed by atoms with Gasteiger partial charge in [0.2, 0.25) is 0 Å². The van der Waals surface area contributed by atoms with E-state index in [-0.39, 0.29) is 18.7 Å². The molecule has 2 aromatic carbocycles. The molecule has 1 fully saturated rings. The van der Waals surface area contributed by atoms with Crippen LogP contribution in [0, 0.1) is 6.92 Å².